The van der Waals surface area contributed by atoms with Crippen molar-refractivity contribution in [3.8, 4) is 0 Å². The molecule has 6 heteroatoms. The number of thiocarbonyl (C=S) groups is 1. The fourth-order valence-electron chi connectivity index (χ4n) is 4.41. The van der Waals surface area contributed by atoms with Gasteiger partial charge in [-0.05, 0) is 56.0 Å². The van der Waals surface area contributed by atoms with Crippen LogP contribution in [0, 0.1) is 19.8 Å². The second-order valence-electron chi connectivity index (χ2n) is 8.55. The van der Waals surface area contributed by atoms with Crippen molar-refractivity contribution in [3.05, 3.63) is 29.3 Å². The van der Waals surface area contributed by atoms with Gasteiger partial charge in [-0.25, -0.2) is 0 Å². The molecule has 1 amide bonds. The average Bonchev–Trinajstić information content (AvgIpc) is 2.67. The molecule has 0 radical (unpaired) electrons. The minimum atomic E-state index is 0.0950. The number of hydrogen-bond donors (Lipinski definition) is 3. The lowest BCUT2D eigenvalue weighted by Gasteiger charge is -2.37. The number of carbonyl (C=O) groups excluding carboxylic acids is 1. The largest absolute Gasteiger partial charge is 0.360 e. The van der Waals surface area contributed by atoms with Gasteiger partial charge >= 0.3 is 0 Å². The molecule has 0 spiro atoms. The van der Waals surface area contributed by atoms with Crippen molar-refractivity contribution >= 4 is 28.9 Å². The van der Waals surface area contributed by atoms with E-state index in [4.69, 9.17) is 12.2 Å². The van der Waals surface area contributed by atoms with E-state index in [0.29, 0.717) is 18.5 Å². The smallest absolute Gasteiger partial charge is 0.279 e. The molecule has 1 saturated carbocycles. The Bertz CT molecular complexity index is 680. The zero-order chi connectivity index (χ0) is 20.1. The molecule has 0 unspecified atom stereocenters. The van der Waals surface area contributed by atoms with Crippen LogP contribution < -0.4 is 15.5 Å². The highest BCUT2D eigenvalue weighted by atomic mass is 32.1. The summed E-state index contributed by atoms with van der Waals surface area (Å²) in [6, 6.07) is 6.62. The fourth-order valence-corrected chi connectivity index (χ4v) is 4.74. The first-order chi connectivity index (χ1) is 13.4. The SMILES string of the molecule is Cc1cccc(C)c1NC(=O)C[NH+]1CCN(C(=S)N[C@H]2CCCC[C@H]2C)CC1. The maximum atomic E-state index is 12.5. The highest BCUT2D eigenvalue weighted by Crippen LogP contribution is 2.24. The van der Waals surface area contributed by atoms with Crippen LogP contribution in [-0.4, -0.2) is 54.7 Å². The van der Waals surface area contributed by atoms with Crippen molar-refractivity contribution in [2.75, 3.05) is 38.0 Å². The van der Waals surface area contributed by atoms with E-state index in [2.05, 4.69) is 22.5 Å². The van der Waals surface area contributed by atoms with E-state index >= 15 is 0 Å². The molecule has 0 bridgehead atoms. The second-order valence-corrected chi connectivity index (χ2v) is 8.93. The van der Waals surface area contributed by atoms with Crippen molar-refractivity contribution in [1.29, 1.82) is 0 Å². The Balaban J connectivity index is 1.43. The lowest BCUT2D eigenvalue weighted by molar-refractivity contribution is -0.895. The van der Waals surface area contributed by atoms with Crippen LogP contribution in [0.2, 0.25) is 0 Å². The highest BCUT2D eigenvalue weighted by Gasteiger charge is 2.27. The van der Waals surface area contributed by atoms with Gasteiger partial charge < -0.3 is 20.4 Å². The summed E-state index contributed by atoms with van der Waals surface area (Å²) in [5.41, 5.74) is 3.18. The quantitative estimate of drug-likeness (QED) is 0.672. The third kappa shape index (κ3) is 5.45. The van der Waals surface area contributed by atoms with Crippen LogP contribution in [0.3, 0.4) is 0 Å². The van der Waals surface area contributed by atoms with Gasteiger partial charge in [-0.2, -0.15) is 0 Å². The lowest BCUT2D eigenvalue weighted by Crippen LogP contribution is -3.15. The van der Waals surface area contributed by atoms with Crippen molar-refractivity contribution in [2.24, 2.45) is 5.92 Å². The monoisotopic (exact) mass is 403 g/mol. The Kier molecular flexibility index (Phi) is 7.30. The number of piperazine rings is 1. The summed E-state index contributed by atoms with van der Waals surface area (Å²) in [5.74, 6) is 0.796. The van der Waals surface area contributed by atoms with Gasteiger partial charge in [-0.3, -0.25) is 4.79 Å². The number of rotatable bonds is 4. The van der Waals surface area contributed by atoms with Crippen LogP contribution in [0.5, 0.6) is 0 Å². The molecule has 2 fully saturated rings. The van der Waals surface area contributed by atoms with Crippen LogP contribution in [0.1, 0.15) is 43.7 Å². The maximum Gasteiger partial charge on any atom is 0.279 e. The third-order valence-corrected chi connectivity index (χ3v) is 6.71. The summed E-state index contributed by atoms with van der Waals surface area (Å²) in [7, 11) is 0. The summed E-state index contributed by atoms with van der Waals surface area (Å²) in [6.07, 6.45) is 5.18. The normalized spacial score (nSPS) is 23.3. The first kappa shape index (κ1) is 21.1. The number of nitrogens with zero attached hydrogens (tertiary/aromatic N) is 1. The molecule has 1 aromatic rings. The first-order valence-corrected chi connectivity index (χ1v) is 11.1. The topological polar surface area (TPSA) is 48.8 Å². The van der Waals surface area contributed by atoms with Crippen LogP contribution in [-0.2, 0) is 4.79 Å². The van der Waals surface area contributed by atoms with E-state index in [0.717, 1.165) is 48.1 Å². The number of carbonyl (C=O) groups is 1. The zero-order valence-corrected chi connectivity index (χ0v) is 18.3. The lowest BCUT2D eigenvalue weighted by atomic mass is 9.86. The molecule has 1 aromatic carbocycles. The predicted molar refractivity (Wildman–Crippen MR) is 119 cm³/mol. The number of quaternary nitrogens is 1. The Morgan fingerprint density at radius 1 is 1.18 bits per heavy atom. The Hall–Kier alpha value is -1.66. The second kappa shape index (κ2) is 9.70. The minimum absolute atomic E-state index is 0.0950. The molecular weight excluding hydrogens is 368 g/mol. The molecular formula is C22H35N4OS+. The molecule has 3 N–H and O–H groups in total. The molecule has 28 heavy (non-hydrogen) atoms. The molecule has 154 valence electrons. The van der Waals surface area contributed by atoms with Crippen LogP contribution >= 0.6 is 12.2 Å². The summed E-state index contributed by atoms with van der Waals surface area (Å²) in [4.78, 5) is 16.1. The molecule has 3 rings (SSSR count). The van der Waals surface area contributed by atoms with E-state index in [-0.39, 0.29) is 5.91 Å². The van der Waals surface area contributed by atoms with E-state index in [1.165, 1.54) is 30.6 Å². The third-order valence-electron chi connectivity index (χ3n) is 6.33. The minimum Gasteiger partial charge on any atom is -0.360 e. The molecule has 2 aliphatic rings. The van der Waals surface area contributed by atoms with Gasteiger partial charge in [0, 0.05) is 11.7 Å². The van der Waals surface area contributed by atoms with Gasteiger partial charge in [0.2, 0.25) is 0 Å². The van der Waals surface area contributed by atoms with Crippen LogP contribution in [0.4, 0.5) is 5.69 Å². The zero-order valence-electron chi connectivity index (χ0n) is 17.5. The van der Waals surface area contributed by atoms with E-state index < -0.39 is 0 Å². The Labute approximate surface area is 174 Å². The predicted octanol–water partition coefficient (Wildman–Crippen LogP) is 1.90. The molecule has 5 nitrogen and oxygen atoms in total. The number of nitrogens with one attached hydrogen (secondary N) is 3. The standard InChI is InChI=1S/C22H34N4OS/c1-16-7-4-5-10-19(16)23-22(28)26-13-11-25(12-14-26)15-20(27)24-21-17(2)8-6-9-18(21)3/h6,8-9,16,19H,4-5,7,10-15H2,1-3H3,(H,23,28)(H,24,27)/p+1/t16-,19+/m1/s1. The number of aryl methyl sites for hydroxylation is 2. The summed E-state index contributed by atoms with van der Waals surface area (Å²) in [6.45, 7) is 10.6. The summed E-state index contributed by atoms with van der Waals surface area (Å²) < 4.78 is 0. The van der Waals surface area contributed by atoms with Gasteiger partial charge in [0.05, 0.1) is 26.2 Å². The molecule has 1 aliphatic carbocycles. The number of hydrogen-bond acceptors (Lipinski definition) is 2. The molecule has 0 aromatic heterocycles. The summed E-state index contributed by atoms with van der Waals surface area (Å²) in [5, 5.41) is 7.62. The number of anilines is 1. The number of amides is 1. The molecule has 1 saturated heterocycles. The van der Waals surface area contributed by atoms with Gasteiger partial charge in [0.1, 0.15) is 0 Å². The van der Waals surface area contributed by atoms with E-state index in [9.17, 15) is 4.79 Å². The van der Waals surface area contributed by atoms with Gasteiger partial charge in [0.15, 0.2) is 11.7 Å². The van der Waals surface area contributed by atoms with Gasteiger partial charge in [-0.15, -0.1) is 0 Å². The average molecular weight is 404 g/mol. The van der Waals surface area contributed by atoms with Crippen molar-refractivity contribution in [3.63, 3.8) is 0 Å². The highest BCUT2D eigenvalue weighted by molar-refractivity contribution is 7.80. The van der Waals surface area contributed by atoms with E-state index in [1.54, 1.807) is 0 Å². The molecule has 2 atom stereocenters. The van der Waals surface area contributed by atoms with E-state index in [1.807, 2.05) is 32.0 Å². The molecule has 1 aliphatic heterocycles. The fraction of sp³-hybridized carbons (Fsp3) is 0.636. The first-order valence-electron chi connectivity index (χ1n) is 10.7. The summed E-state index contributed by atoms with van der Waals surface area (Å²) >= 11 is 5.68. The number of benzene rings is 1. The van der Waals surface area contributed by atoms with Crippen LogP contribution in [0.25, 0.3) is 0 Å². The van der Waals surface area contributed by atoms with Crippen molar-refractivity contribution in [1.82, 2.24) is 10.2 Å². The van der Waals surface area contributed by atoms with Gasteiger partial charge in [0.25, 0.3) is 5.91 Å². The van der Waals surface area contributed by atoms with Crippen molar-refractivity contribution < 1.29 is 9.69 Å². The van der Waals surface area contributed by atoms with Crippen molar-refractivity contribution in [2.45, 2.75) is 52.5 Å². The Morgan fingerprint density at radius 3 is 2.46 bits per heavy atom. The number of para-hydroxylation sites is 1. The van der Waals surface area contributed by atoms with Crippen LogP contribution in [0.15, 0.2) is 18.2 Å². The maximum absolute atomic E-state index is 12.5. The molecule has 1 heterocycles. The van der Waals surface area contributed by atoms with Gasteiger partial charge in [-0.1, -0.05) is 38.0 Å². The Morgan fingerprint density at radius 2 is 1.82 bits per heavy atom.